The number of aromatic nitrogens is 1. The molecule has 0 atom stereocenters. The van der Waals surface area contributed by atoms with Gasteiger partial charge in [0, 0.05) is 45.1 Å². The second-order valence-electron chi connectivity index (χ2n) is 6.60. The minimum atomic E-state index is -0.203. The van der Waals surface area contributed by atoms with Gasteiger partial charge in [0.25, 0.3) is 5.91 Å². The van der Waals surface area contributed by atoms with Crippen molar-refractivity contribution in [3.63, 3.8) is 0 Å². The largest absolute Gasteiger partial charge is 0.348 e. The lowest BCUT2D eigenvalue weighted by Crippen LogP contribution is -2.47. The summed E-state index contributed by atoms with van der Waals surface area (Å²) in [6.07, 6.45) is 5.46. The monoisotopic (exact) mass is 432 g/mol. The number of rotatable bonds is 3. The van der Waals surface area contributed by atoms with Gasteiger partial charge in [-0.3, -0.25) is 14.7 Å². The van der Waals surface area contributed by atoms with Gasteiger partial charge >= 0.3 is 0 Å². The molecule has 0 bridgehead atoms. The van der Waals surface area contributed by atoms with Gasteiger partial charge in [0.15, 0.2) is 5.17 Å². The summed E-state index contributed by atoms with van der Waals surface area (Å²) in [7, 11) is 0. The van der Waals surface area contributed by atoms with Crippen molar-refractivity contribution in [2.24, 2.45) is 4.99 Å². The van der Waals surface area contributed by atoms with Gasteiger partial charge in [-0.25, -0.2) is 0 Å². The molecule has 1 amide bonds. The molecule has 0 unspecified atom stereocenters. The molecule has 5 nitrogen and oxygen atoms in total. The summed E-state index contributed by atoms with van der Waals surface area (Å²) in [5.41, 5.74) is 2.10. The van der Waals surface area contributed by atoms with E-state index in [0.29, 0.717) is 15.0 Å². The molecule has 1 fully saturated rings. The summed E-state index contributed by atoms with van der Waals surface area (Å²) < 4.78 is 0. The van der Waals surface area contributed by atoms with Gasteiger partial charge in [-0.1, -0.05) is 29.3 Å². The lowest BCUT2D eigenvalue weighted by Gasteiger charge is -2.35. The molecule has 2 aliphatic rings. The molecule has 1 saturated heterocycles. The van der Waals surface area contributed by atoms with E-state index in [2.05, 4.69) is 19.8 Å². The van der Waals surface area contributed by atoms with E-state index in [4.69, 9.17) is 23.2 Å². The SMILES string of the molecule is O=C1N=C(N2CCN(Cc3ccncc3)CC2)S/C1=C\c1ccc(Cl)c(Cl)c1. The number of hydrogen-bond acceptors (Lipinski definition) is 5. The molecule has 8 heteroatoms. The summed E-state index contributed by atoms with van der Waals surface area (Å²) in [5, 5.41) is 1.74. The van der Waals surface area contributed by atoms with Crippen molar-refractivity contribution < 1.29 is 4.79 Å². The number of carbonyl (C=O) groups is 1. The van der Waals surface area contributed by atoms with Crippen molar-refractivity contribution in [3.05, 3.63) is 68.8 Å². The average molecular weight is 433 g/mol. The summed E-state index contributed by atoms with van der Waals surface area (Å²) in [6, 6.07) is 9.40. The third-order valence-corrected chi connectivity index (χ3v) is 6.43. The molecule has 0 radical (unpaired) electrons. The Morgan fingerprint density at radius 1 is 1.04 bits per heavy atom. The molecular weight excluding hydrogens is 415 g/mol. The first kappa shape index (κ1) is 19.5. The van der Waals surface area contributed by atoms with Crippen molar-refractivity contribution in [2.75, 3.05) is 26.2 Å². The summed E-state index contributed by atoms with van der Waals surface area (Å²) in [5.74, 6) is -0.203. The topological polar surface area (TPSA) is 48.8 Å². The number of thioether (sulfide) groups is 1. The third-order valence-electron chi connectivity index (χ3n) is 4.65. The molecule has 0 spiro atoms. The molecule has 3 heterocycles. The first-order chi connectivity index (χ1) is 13.6. The number of amidine groups is 1. The number of nitrogens with zero attached hydrogens (tertiary/aromatic N) is 4. The minimum absolute atomic E-state index is 0.203. The van der Waals surface area contributed by atoms with Crippen molar-refractivity contribution in [3.8, 4) is 0 Å². The van der Waals surface area contributed by atoms with Gasteiger partial charge in [0.2, 0.25) is 0 Å². The van der Waals surface area contributed by atoms with Crippen LogP contribution in [-0.2, 0) is 11.3 Å². The van der Waals surface area contributed by atoms with Crippen molar-refractivity contribution in [1.82, 2.24) is 14.8 Å². The van der Waals surface area contributed by atoms with Crippen LogP contribution in [0.3, 0.4) is 0 Å². The van der Waals surface area contributed by atoms with Crippen LogP contribution in [0.4, 0.5) is 0 Å². The van der Waals surface area contributed by atoms with E-state index in [-0.39, 0.29) is 5.91 Å². The van der Waals surface area contributed by atoms with Crippen molar-refractivity contribution >= 4 is 52.1 Å². The Morgan fingerprint density at radius 2 is 1.79 bits per heavy atom. The first-order valence-corrected chi connectivity index (χ1v) is 10.5. The zero-order chi connectivity index (χ0) is 19.5. The molecule has 4 rings (SSSR count). The fourth-order valence-corrected chi connectivity index (χ4v) is 4.40. The molecular formula is C20H18Cl2N4OS. The predicted molar refractivity (Wildman–Crippen MR) is 116 cm³/mol. The van der Waals surface area contributed by atoms with E-state index >= 15 is 0 Å². The highest BCUT2D eigenvalue weighted by Crippen LogP contribution is 2.32. The van der Waals surface area contributed by atoms with E-state index in [0.717, 1.165) is 43.5 Å². The minimum Gasteiger partial charge on any atom is -0.348 e. The van der Waals surface area contributed by atoms with Crippen molar-refractivity contribution in [2.45, 2.75) is 6.54 Å². The zero-order valence-electron chi connectivity index (χ0n) is 15.0. The van der Waals surface area contributed by atoms with E-state index in [1.165, 1.54) is 17.3 Å². The molecule has 2 aliphatic heterocycles. The Balaban J connectivity index is 1.36. The van der Waals surface area contributed by atoms with Crippen LogP contribution < -0.4 is 0 Å². The fraction of sp³-hybridized carbons (Fsp3) is 0.250. The lowest BCUT2D eigenvalue weighted by atomic mass is 10.2. The molecule has 0 saturated carbocycles. The quantitative estimate of drug-likeness (QED) is 0.680. The van der Waals surface area contributed by atoms with Crippen LogP contribution in [0, 0.1) is 0 Å². The molecule has 1 aromatic heterocycles. The van der Waals surface area contributed by atoms with Crippen LogP contribution in [0.2, 0.25) is 10.0 Å². The van der Waals surface area contributed by atoms with E-state index in [9.17, 15) is 4.79 Å². The van der Waals surface area contributed by atoms with E-state index < -0.39 is 0 Å². The van der Waals surface area contributed by atoms with Crippen LogP contribution in [0.1, 0.15) is 11.1 Å². The summed E-state index contributed by atoms with van der Waals surface area (Å²) >= 11 is 13.4. The molecule has 144 valence electrons. The highest BCUT2D eigenvalue weighted by molar-refractivity contribution is 8.18. The van der Waals surface area contributed by atoms with Gasteiger partial charge in [-0.2, -0.15) is 4.99 Å². The zero-order valence-corrected chi connectivity index (χ0v) is 17.3. The number of amides is 1. The lowest BCUT2D eigenvalue weighted by molar-refractivity contribution is -0.113. The van der Waals surface area contributed by atoms with Crippen LogP contribution in [0.15, 0.2) is 52.6 Å². The Hall–Kier alpha value is -1.86. The number of pyridine rings is 1. The second-order valence-corrected chi connectivity index (χ2v) is 8.43. The number of benzene rings is 1. The number of halogens is 2. The maximum Gasteiger partial charge on any atom is 0.286 e. The maximum atomic E-state index is 12.3. The van der Waals surface area contributed by atoms with Gasteiger partial charge in [0.05, 0.1) is 15.0 Å². The molecule has 0 N–H and O–H groups in total. The molecule has 2 aromatic rings. The molecule has 28 heavy (non-hydrogen) atoms. The highest BCUT2D eigenvalue weighted by atomic mass is 35.5. The number of hydrogen-bond donors (Lipinski definition) is 0. The maximum absolute atomic E-state index is 12.3. The Labute approximate surface area is 178 Å². The fourth-order valence-electron chi connectivity index (χ4n) is 3.13. The number of aliphatic imine (C=N–C) groups is 1. The normalized spacial score (nSPS) is 19.4. The Bertz CT molecular complexity index is 940. The van der Waals surface area contributed by atoms with Crippen LogP contribution in [-0.4, -0.2) is 52.0 Å². The third kappa shape index (κ3) is 4.58. The van der Waals surface area contributed by atoms with Crippen LogP contribution in [0.5, 0.6) is 0 Å². The van der Waals surface area contributed by atoms with Crippen molar-refractivity contribution in [1.29, 1.82) is 0 Å². The van der Waals surface area contributed by atoms with E-state index in [1.807, 2.05) is 36.7 Å². The molecule has 1 aromatic carbocycles. The number of piperazine rings is 1. The first-order valence-electron chi connectivity index (χ1n) is 8.92. The standard InChI is InChI=1S/C20H18Cl2N4OS/c21-16-2-1-15(11-17(16)22)12-18-19(27)24-20(28-18)26-9-7-25(8-10-26)13-14-3-5-23-6-4-14/h1-6,11-12H,7-10,13H2/b18-12-. The Morgan fingerprint density at radius 3 is 2.50 bits per heavy atom. The summed E-state index contributed by atoms with van der Waals surface area (Å²) in [4.78, 5) is 25.8. The summed E-state index contributed by atoms with van der Waals surface area (Å²) in [6.45, 7) is 4.48. The van der Waals surface area contributed by atoms with Gasteiger partial charge in [0.1, 0.15) is 0 Å². The van der Waals surface area contributed by atoms with Gasteiger partial charge in [-0.15, -0.1) is 0 Å². The highest BCUT2D eigenvalue weighted by Gasteiger charge is 2.28. The smallest absolute Gasteiger partial charge is 0.286 e. The average Bonchev–Trinajstić information content (AvgIpc) is 3.06. The molecule has 0 aliphatic carbocycles. The predicted octanol–water partition coefficient (Wildman–Crippen LogP) is 4.18. The van der Waals surface area contributed by atoms with Gasteiger partial charge < -0.3 is 4.90 Å². The van der Waals surface area contributed by atoms with Crippen LogP contribution in [0.25, 0.3) is 6.08 Å². The Kier molecular flexibility index (Phi) is 6.01. The van der Waals surface area contributed by atoms with Crippen LogP contribution >= 0.6 is 35.0 Å². The number of carbonyl (C=O) groups excluding carboxylic acids is 1. The van der Waals surface area contributed by atoms with Gasteiger partial charge in [-0.05, 0) is 53.2 Å². The van der Waals surface area contributed by atoms with E-state index in [1.54, 1.807) is 12.1 Å². The second kappa shape index (κ2) is 8.66.